The lowest BCUT2D eigenvalue weighted by Gasteiger charge is -2.41. The Hall–Kier alpha value is -2.07. The van der Waals surface area contributed by atoms with Crippen LogP contribution in [-0.4, -0.2) is 32.6 Å². The predicted octanol–water partition coefficient (Wildman–Crippen LogP) is 4.24. The minimum atomic E-state index is 0.706. The van der Waals surface area contributed by atoms with Crippen LogP contribution in [0.3, 0.4) is 0 Å². The molecule has 128 valence electrons. The molecule has 2 aliphatic heterocycles. The minimum absolute atomic E-state index is 0.706. The fourth-order valence-corrected chi connectivity index (χ4v) is 5.21. The van der Waals surface area contributed by atoms with Crippen molar-refractivity contribution < 1.29 is 4.42 Å². The molecule has 2 aromatic heterocycles. The Kier molecular flexibility index (Phi) is 2.95. The van der Waals surface area contributed by atoms with Crippen molar-refractivity contribution in [3.8, 4) is 11.3 Å². The third kappa shape index (κ3) is 2.07. The number of fused-ring (bicyclic) bond motifs is 5. The second-order valence-corrected chi connectivity index (χ2v) is 7.94. The molecule has 1 saturated heterocycles. The quantitative estimate of drug-likeness (QED) is 0.703. The van der Waals surface area contributed by atoms with Gasteiger partial charge in [0.15, 0.2) is 0 Å². The maximum atomic E-state index is 5.55. The molecule has 2 unspecified atom stereocenters. The molecule has 3 aliphatic rings. The number of hydrogen-bond donors (Lipinski definition) is 0. The lowest BCUT2D eigenvalue weighted by atomic mass is 9.90. The zero-order valence-electron chi connectivity index (χ0n) is 14.4. The molecule has 4 heterocycles. The van der Waals surface area contributed by atoms with Gasteiger partial charge >= 0.3 is 0 Å². The average molecular weight is 333 g/mol. The molecule has 2 atom stereocenters. The second-order valence-electron chi connectivity index (χ2n) is 7.94. The highest BCUT2D eigenvalue weighted by molar-refractivity contribution is 5.81. The van der Waals surface area contributed by atoms with Crippen LogP contribution in [0.1, 0.15) is 37.9 Å². The lowest BCUT2D eigenvalue weighted by Crippen LogP contribution is -2.48. The second kappa shape index (κ2) is 5.21. The molecule has 0 N–H and O–H groups in total. The molecule has 25 heavy (non-hydrogen) atoms. The van der Waals surface area contributed by atoms with Crippen molar-refractivity contribution in [3.05, 3.63) is 42.4 Å². The largest absolute Gasteiger partial charge is 0.464 e. The number of hydrogen-bond acceptors (Lipinski definition) is 3. The predicted molar refractivity (Wildman–Crippen MR) is 97.4 cm³/mol. The SMILES string of the molecule is c1coc(-c2ccc3c(c2)nc2n3CC3CCC(C2)N3C2CCC2)c1. The first kappa shape index (κ1) is 14.1. The maximum Gasteiger partial charge on any atom is 0.133 e. The molecule has 1 aromatic carbocycles. The maximum absolute atomic E-state index is 5.55. The zero-order chi connectivity index (χ0) is 16.4. The van der Waals surface area contributed by atoms with Crippen LogP contribution in [0.25, 0.3) is 22.4 Å². The molecule has 2 fully saturated rings. The Morgan fingerprint density at radius 2 is 1.92 bits per heavy atom. The summed E-state index contributed by atoms with van der Waals surface area (Å²) in [7, 11) is 0. The Bertz CT molecular complexity index is 922. The highest BCUT2D eigenvalue weighted by atomic mass is 16.3. The van der Waals surface area contributed by atoms with Gasteiger partial charge in [0.1, 0.15) is 11.6 Å². The zero-order valence-corrected chi connectivity index (χ0v) is 14.4. The van der Waals surface area contributed by atoms with Crippen LogP contribution < -0.4 is 0 Å². The molecule has 1 aliphatic carbocycles. The van der Waals surface area contributed by atoms with Gasteiger partial charge in [-0.25, -0.2) is 4.98 Å². The van der Waals surface area contributed by atoms with E-state index in [0.717, 1.165) is 35.8 Å². The van der Waals surface area contributed by atoms with E-state index < -0.39 is 0 Å². The van der Waals surface area contributed by atoms with Crippen molar-refractivity contribution in [2.24, 2.45) is 0 Å². The fourth-order valence-electron chi connectivity index (χ4n) is 5.21. The van der Waals surface area contributed by atoms with Crippen molar-refractivity contribution in [2.45, 2.75) is 63.2 Å². The first-order valence-corrected chi connectivity index (χ1v) is 9.67. The van der Waals surface area contributed by atoms with Gasteiger partial charge in [0, 0.05) is 36.7 Å². The van der Waals surface area contributed by atoms with Crippen molar-refractivity contribution in [2.75, 3.05) is 0 Å². The Morgan fingerprint density at radius 1 is 1.00 bits per heavy atom. The molecule has 0 amide bonds. The third-order valence-electron chi connectivity index (χ3n) is 6.62. The van der Waals surface area contributed by atoms with Gasteiger partial charge in [-0.1, -0.05) is 6.42 Å². The van der Waals surface area contributed by atoms with Gasteiger partial charge in [0.25, 0.3) is 0 Å². The lowest BCUT2D eigenvalue weighted by molar-refractivity contribution is 0.0739. The minimum Gasteiger partial charge on any atom is -0.464 e. The topological polar surface area (TPSA) is 34.2 Å². The molecular formula is C21H23N3O. The van der Waals surface area contributed by atoms with Gasteiger partial charge in [-0.2, -0.15) is 0 Å². The van der Waals surface area contributed by atoms with E-state index in [1.807, 2.05) is 12.1 Å². The molecule has 0 spiro atoms. The fraction of sp³-hybridized carbons (Fsp3) is 0.476. The van der Waals surface area contributed by atoms with Crippen LogP contribution in [-0.2, 0) is 13.0 Å². The van der Waals surface area contributed by atoms with E-state index in [9.17, 15) is 0 Å². The Morgan fingerprint density at radius 3 is 2.72 bits per heavy atom. The van der Waals surface area contributed by atoms with Gasteiger partial charge in [0.05, 0.1) is 17.3 Å². The number of benzene rings is 1. The first-order chi connectivity index (χ1) is 12.4. The van der Waals surface area contributed by atoms with E-state index in [1.165, 1.54) is 43.4 Å². The third-order valence-corrected chi connectivity index (χ3v) is 6.62. The van der Waals surface area contributed by atoms with Crippen molar-refractivity contribution in [1.82, 2.24) is 14.5 Å². The van der Waals surface area contributed by atoms with E-state index in [0.29, 0.717) is 12.1 Å². The van der Waals surface area contributed by atoms with Gasteiger partial charge in [-0.3, -0.25) is 4.90 Å². The van der Waals surface area contributed by atoms with E-state index >= 15 is 0 Å². The van der Waals surface area contributed by atoms with Crippen molar-refractivity contribution in [3.63, 3.8) is 0 Å². The molecule has 1 saturated carbocycles. The number of imidazole rings is 1. The monoisotopic (exact) mass is 333 g/mol. The summed E-state index contributed by atoms with van der Waals surface area (Å²) >= 11 is 0. The molecule has 6 rings (SSSR count). The van der Waals surface area contributed by atoms with Crippen LogP contribution in [0.15, 0.2) is 41.0 Å². The molecule has 2 bridgehead atoms. The summed E-state index contributed by atoms with van der Waals surface area (Å²) in [6.07, 6.45) is 9.77. The normalized spacial score (nSPS) is 26.6. The Labute approximate surface area is 147 Å². The van der Waals surface area contributed by atoms with E-state index in [4.69, 9.17) is 9.40 Å². The molecule has 4 nitrogen and oxygen atoms in total. The molecule has 0 radical (unpaired) electrons. The number of nitrogens with zero attached hydrogens (tertiary/aromatic N) is 3. The van der Waals surface area contributed by atoms with Crippen molar-refractivity contribution in [1.29, 1.82) is 0 Å². The highest BCUT2D eigenvalue weighted by Crippen LogP contribution is 2.39. The summed E-state index contributed by atoms with van der Waals surface area (Å²) in [5.74, 6) is 2.20. The summed E-state index contributed by atoms with van der Waals surface area (Å²) < 4.78 is 8.05. The van der Waals surface area contributed by atoms with Gasteiger partial charge in [-0.15, -0.1) is 0 Å². The summed E-state index contributed by atoms with van der Waals surface area (Å²) in [5, 5.41) is 0. The van der Waals surface area contributed by atoms with Crippen LogP contribution in [0.4, 0.5) is 0 Å². The standard InChI is InChI=1S/C21H23N3O/c1-3-15(4-1)24-16-7-8-17(24)13-23-19-9-6-14(20-5-2-10-25-20)11-18(19)22-21(23)12-16/h2,5-6,9-11,15-17H,1,3-4,7-8,12-13H2. The average Bonchev–Trinajstić information content (AvgIpc) is 3.25. The van der Waals surface area contributed by atoms with Gasteiger partial charge < -0.3 is 8.98 Å². The number of aromatic nitrogens is 2. The summed E-state index contributed by atoms with van der Waals surface area (Å²) in [4.78, 5) is 7.90. The number of rotatable bonds is 2. The van der Waals surface area contributed by atoms with Crippen LogP contribution in [0.2, 0.25) is 0 Å². The van der Waals surface area contributed by atoms with Crippen LogP contribution >= 0.6 is 0 Å². The van der Waals surface area contributed by atoms with Crippen LogP contribution in [0.5, 0.6) is 0 Å². The first-order valence-electron chi connectivity index (χ1n) is 9.67. The summed E-state index contributed by atoms with van der Waals surface area (Å²) in [5.41, 5.74) is 3.51. The van der Waals surface area contributed by atoms with Crippen LogP contribution in [0, 0.1) is 0 Å². The van der Waals surface area contributed by atoms with Gasteiger partial charge in [-0.05, 0) is 56.0 Å². The smallest absolute Gasteiger partial charge is 0.133 e. The Balaban J connectivity index is 1.41. The molecule has 3 aromatic rings. The van der Waals surface area contributed by atoms with Gasteiger partial charge in [0.2, 0.25) is 0 Å². The summed E-state index contributed by atoms with van der Waals surface area (Å²) in [6.45, 7) is 1.11. The number of furan rings is 1. The molecular weight excluding hydrogens is 310 g/mol. The molecule has 4 heteroatoms. The van der Waals surface area contributed by atoms with E-state index in [1.54, 1.807) is 6.26 Å². The summed E-state index contributed by atoms with van der Waals surface area (Å²) in [6, 6.07) is 12.8. The van der Waals surface area contributed by atoms with E-state index in [-0.39, 0.29) is 0 Å². The highest BCUT2D eigenvalue weighted by Gasteiger charge is 2.42. The van der Waals surface area contributed by atoms with E-state index in [2.05, 4.69) is 27.7 Å². The van der Waals surface area contributed by atoms with Crippen molar-refractivity contribution >= 4 is 11.0 Å².